The minimum absolute atomic E-state index is 0.108. The van der Waals surface area contributed by atoms with Gasteiger partial charge in [0.15, 0.2) is 0 Å². The Bertz CT molecular complexity index is 1010. The van der Waals surface area contributed by atoms with Gasteiger partial charge in [-0.15, -0.1) is 0 Å². The SMILES string of the molecule is CCOC(=O)CC1=CC(SCC(=O)Nc2ccc(C)cc2C)=Nc2ccccc2N1. The van der Waals surface area contributed by atoms with Gasteiger partial charge in [0, 0.05) is 11.4 Å². The lowest BCUT2D eigenvalue weighted by atomic mass is 10.1. The van der Waals surface area contributed by atoms with Crippen molar-refractivity contribution in [3.05, 3.63) is 65.4 Å². The summed E-state index contributed by atoms with van der Waals surface area (Å²) < 4.78 is 5.06. The van der Waals surface area contributed by atoms with Crippen molar-refractivity contribution in [2.45, 2.75) is 27.2 Å². The molecule has 3 rings (SSSR count). The molecule has 0 fully saturated rings. The second-order valence-corrected chi connectivity index (χ2v) is 7.89. The van der Waals surface area contributed by atoms with Gasteiger partial charge in [-0.25, -0.2) is 4.99 Å². The molecule has 30 heavy (non-hydrogen) atoms. The Kier molecular flexibility index (Phi) is 7.30. The first-order valence-corrected chi connectivity index (χ1v) is 10.7. The number of aryl methyl sites for hydroxylation is 2. The summed E-state index contributed by atoms with van der Waals surface area (Å²) in [5.41, 5.74) is 5.22. The molecule has 2 aromatic rings. The molecule has 0 bridgehead atoms. The molecule has 6 nitrogen and oxygen atoms in total. The normalized spacial score (nSPS) is 12.6. The number of hydrogen-bond acceptors (Lipinski definition) is 6. The molecule has 1 heterocycles. The smallest absolute Gasteiger partial charge is 0.311 e. The third-order valence-corrected chi connectivity index (χ3v) is 5.29. The van der Waals surface area contributed by atoms with Crippen LogP contribution in [-0.4, -0.2) is 29.3 Å². The molecule has 1 aliphatic heterocycles. The van der Waals surface area contributed by atoms with Crippen molar-refractivity contribution in [1.29, 1.82) is 0 Å². The number of amides is 1. The van der Waals surface area contributed by atoms with Crippen molar-refractivity contribution < 1.29 is 14.3 Å². The van der Waals surface area contributed by atoms with E-state index in [1.54, 1.807) is 13.0 Å². The largest absolute Gasteiger partial charge is 0.466 e. The maximum atomic E-state index is 12.5. The number of aliphatic imine (C=N–C) groups is 1. The molecule has 0 saturated carbocycles. The van der Waals surface area contributed by atoms with E-state index in [1.165, 1.54) is 11.8 Å². The number of hydrogen-bond donors (Lipinski definition) is 2. The Morgan fingerprint density at radius 2 is 1.97 bits per heavy atom. The van der Waals surface area contributed by atoms with Gasteiger partial charge in [-0.3, -0.25) is 9.59 Å². The first kappa shape index (κ1) is 21.6. The highest BCUT2D eigenvalue weighted by Crippen LogP contribution is 2.31. The topological polar surface area (TPSA) is 79.8 Å². The van der Waals surface area contributed by atoms with E-state index in [2.05, 4.69) is 15.6 Å². The van der Waals surface area contributed by atoms with Gasteiger partial charge in [-0.2, -0.15) is 0 Å². The molecule has 2 aromatic carbocycles. The maximum Gasteiger partial charge on any atom is 0.311 e. The molecule has 0 spiro atoms. The predicted molar refractivity (Wildman–Crippen MR) is 123 cm³/mol. The Morgan fingerprint density at radius 1 is 1.17 bits per heavy atom. The number of carbonyl (C=O) groups excluding carboxylic acids is 2. The Labute approximate surface area is 180 Å². The predicted octanol–water partition coefficient (Wildman–Crippen LogP) is 4.97. The maximum absolute atomic E-state index is 12.5. The summed E-state index contributed by atoms with van der Waals surface area (Å²) in [7, 11) is 0. The van der Waals surface area contributed by atoms with E-state index < -0.39 is 0 Å². The lowest BCUT2D eigenvalue weighted by Gasteiger charge is -2.10. The van der Waals surface area contributed by atoms with Gasteiger partial charge < -0.3 is 15.4 Å². The lowest BCUT2D eigenvalue weighted by molar-refractivity contribution is -0.142. The molecular weight excluding hydrogens is 398 g/mol. The Hall–Kier alpha value is -3.06. The number of carbonyl (C=O) groups is 2. The van der Waals surface area contributed by atoms with Gasteiger partial charge >= 0.3 is 5.97 Å². The van der Waals surface area contributed by atoms with E-state index in [1.807, 2.05) is 56.3 Å². The number of nitrogens with zero attached hydrogens (tertiary/aromatic N) is 1. The van der Waals surface area contributed by atoms with Crippen LogP contribution in [0.5, 0.6) is 0 Å². The quantitative estimate of drug-likeness (QED) is 0.642. The van der Waals surface area contributed by atoms with E-state index >= 15 is 0 Å². The van der Waals surface area contributed by atoms with Crippen molar-refractivity contribution in [3.63, 3.8) is 0 Å². The number of nitrogens with one attached hydrogen (secondary N) is 2. The summed E-state index contributed by atoms with van der Waals surface area (Å²) in [6.45, 7) is 6.10. The molecule has 1 amide bonds. The van der Waals surface area contributed by atoms with E-state index in [4.69, 9.17) is 4.74 Å². The van der Waals surface area contributed by atoms with Crippen LogP contribution in [0.1, 0.15) is 24.5 Å². The summed E-state index contributed by atoms with van der Waals surface area (Å²) in [6, 6.07) is 13.5. The molecule has 1 aliphatic rings. The second-order valence-electron chi connectivity index (χ2n) is 6.90. The number of rotatable bonds is 6. The van der Waals surface area contributed by atoms with Crippen molar-refractivity contribution >= 4 is 45.7 Å². The van der Waals surface area contributed by atoms with E-state index in [-0.39, 0.29) is 24.1 Å². The number of thioether (sulfide) groups is 1. The zero-order valence-corrected chi connectivity index (χ0v) is 18.1. The highest BCUT2D eigenvalue weighted by molar-refractivity contribution is 8.14. The first-order valence-electron chi connectivity index (χ1n) is 9.75. The van der Waals surface area contributed by atoms with Crippen LogP contribution in [0.3, 0.4) is 0 Å². The molecule has 7 heteroatoms. The van der Waals surface area contributed by atoms with Crippen molar-refractivity contribution in [3.8, 4) is 0 Å². The van der Waals surface area contributed by atoms with Gasteiger partial charge in [-0.1, -0.05) is 41.6 Å². The first-order chi connectivity index (χ1) is 14.4. The highest BCUT2D eigenvalue weighted by Gasteiger charge is 2.15. The summed E-state index contributed by atoms with van der Waals surface area (Å²) in [6.07, 6.45) is 1.91. The van der Waals surface area contributed by atoms with Gasteiger partial charge in [0.25, 0.3) is 0 Å². The minimum atomic E-state index is -0.312. The summed E-state index contributed by atoms with van der Waals surface area (Å²) in [4.78, 5) is 29.1. The van der Waals surface area contributed by atoms with Gasteiger partial charge in [0.1, 0.15) is 0 Å². The highest BCUT2D eigenvalue weighted by atomic mass is 32.2. The Morgan fingerprint density at radius 3 is 2.73 bits per heavy atom. The van der Waals surface area contributed by atoms with Crippen LogP contribution in [0.25, 0.3) is 0 Å². The average molecular weight is 424 g/mol. The van der Waals surface area contributed by atoms with Crippen molar-refractivity contribution in [1.82, 2.24) is 0 Å². The zero-order chi connectivity index (χ0) is 21.5. The molecule has 156 valence electrons. The van der Waals surface area contributed by atoms with Gasteiger partial charge in [0.2, 0.25) is 5.91 Å². The number of esters is 1. The van der Waals surface area contributed by atoms with E-state index in [9.17, 15) is 9.59 Å². The molecule has 0 atom stereocenters. The van der Waals surface area contributed by atoms with Crippen LogP contribution in [0, 0.1) is 13.8 Å². The van der Waals surface area contributed by atoms with E-state index in [0.29, 0.717) is 17.3 Å². The number of anilines is 2. The van der Waals surface area contributed by atoms with Crippen LogP contribution >= 0.6 is 11.8 Å². The van der Waals surface area contributed by atoms with Crippen LogP contribution in [0.15, 0.2) is 59.2 Å². The van der Waals surface area contributed by atoms with E-state index in [0.717, 1.165) is 28.2 Å². The summed E-state index contributed by atoms with van der Waals surface area (Å²) in [5.74, 6) is -0.217. The third kappa shape index (κ3) is 5.97. The zero-order valence-electron chi connectivity index (χ0n) is 17.3. The molecule has 0 radical (unpaired) electrons. The number of para-hydroxylation sites is 2. The number of ether oxygens (including phenoxy) is 1. The van der Waals surface area contributed by atoms with Crippen molar-refractivity contribution in [2.24, 2.45) is 4.99 Å². The summed E-state index contributed by atoms with van der Waals surface area (Å²) in [5, 5.41) is 6.85. The fraction of sp³-hybridized carbons (Fsp3) is 0.261. The fourth-order valence-corrected chi connectivity index (χ4v) is 3.74. The summed E-state index contributed by atoms with van der Waals surface area (Å²) >= 11 is 1.32. The van der Waals surface area contributed by atoms with Crippen LogP contribution in [0.2, 0.25) is 0 Å². The molecule has 0 saturated heterocycles. The molecule has 0 unspecified atom stereocenters. The average Bonchev–Trinajstić information content (AvgIpc) is 2.87. The standard InChI is InChI=1S/C23H25N3O3S/c1-4-29-23(28)13-17-12-22(26-20-8-6-5-7-19(20)24-17)30-14-21(27)25-18-10-9-15(2)11-16(18)3/h5-12,24H,4,13-14H2,1-3H3,(H,25,27). The van der Waals surface area contributed by atoms with Crippen LogP contribution < -0.4 is 10.6 Å². The molecule has 2 N–H and O–H groups in total. The third-order valence-electron chi connectivity index (χ3n) is 4.37. The van der Waals surface area contributed by atoms with Crippen molar-refractivity contribution in [2.75, 3.05) is 23.0 Å². The van der Waals surface area contributed by atoms with Crippen LogP contribution in [0.4, 0.5) is 17.1 Å². The number of benzene rings is 2. The Balaban J connectivity index is 1.72. The van der Waals surface area contributed by atoms with Crippen LogP contribution in [-0.2, 0) is 14.3 Å². The fourth-order valence-electron chi connectivity index (χ4n) is 3.00. The molecule has 0 aromatic heterocycles. The number of fused-ring (bicyclic) bond motifs is 1. The second kappa shape index (κ2) is 10.1. The molecule has 0 aliphatic carbocycles. The van der Waals surface area contributed by atoms with Gasteiger partial charge in [0.05, 0.1) is 35.2 Å². The molecular formula is C23H25N3O3S. The monoisotopic (exact) mass is 423 g/mol. The lowest BCUT2D eigenvalue weighted by Crippen LogP contribution is -2.16. The minimum Gasteiger partial charge on any atom is -0.466 e. The van der Waals surface area contributed by atoms with Gasteiger partial charge in [-0.05, 0) is 50.6 Å².